The van der Waals surface area contributed by atoms with E-state index in [0.29, 0.717) is 17.9 Å². The maximum absolute atomic E-state index is 12.5. The van der Waals surface area contributed by atoms with Crippen molar-refractivity contribution in [3.8, 4) is 11.5 Å². The number of benzene rings is 1. The van der Waals surface area contributed by atoms with Crippen molar-refractivity contribution >= 4 is 11.8 Å². The van der Waals surface area contributed by atoms with Crippen LogP contribution in [-0.2, 0) is 9.59 Å². The summed E-state index contributed by atoms with van der Waals surface area (Å²) in [6, 6.07) is 7.65. The van der Waals surface area contributed by atoms with Crippen LogP contribution in [0.4, 0.5) is 0 Å². The molecular formula is C19H26N4O4. The van der Waals surface area contributed by atoms with E-state index in [-0.39, 0.29) is 36.8 Å². The number of piperidine rings is 1. The molecule has 3 heterocycles. The second-order valence-electron chi connectivity index (χ2n) is 7.42. The number of nitrogens with zero attached hydrogens (tertiary/aromatic N) is 1. The number of hydrogen-bond donors (Lipinski definition) is 3. The van der Waals surface area contributed by atoms with Gasteiger partial charge in [0.25, 0.3) is 5.91 Å². The highest BCUT2D eigenvalue weighted by Gasteiger charge is 2.33. The van der Waals surface area contributed by atoms with Gasteiger partial charge in [-0.05, 0) is 31.9 Å². The van der Waals surface area contributed by atoms with Gasteiger partial charge in [0.2, 0.25) is 12.0 Å². The second-order valence-corrected chi connectivity index (χ2v) is 7.42. The van der Waals surface area contributed by atoms with Crippen LogP contribution < -0.4 is 25.4 Å². The summed E-state index contributed by atoms with van der Waals surface area (Å²) in [5, 5.41) is 9.47. The molecule has 0 radical (unpaired) electrons. The van der Waals surface area contributed by atoms with Gasteiger partial charge in [0.05, 0.1) is 0 Å². The van der Waals surface area contributed by atoms with E-state index in [0.717, 1.165) is 25.9 Å². The van der Waals surface area contributed by atoms with Crippen LogP contribution in [0.5, 0.6) is 11.5 Å². The summed E-state index contributed by atoms with van der Waals surface area (Å²) in [6.07, 6.45) is 1.43. The molecule has 0 bridgehead atoms. The molecule has 8 nitrogen and oxygen atoms in total. The molecule has 0 aliphatic carbocycles. The van der Waals surface area contributed by atoms with Gasteiger partial charge in [-0.3, -0.25) is 19.8 Å². The van der Waals surface area contributed by atoms with Crippen molar-refractivity contribution in [1.29, 1.82) is 0 Å². The van der Waals surface area contributed by atoms with Gasteiger partial charge in [-0.15, -0.1) is 0 Å². The average molecular weight is 374 g/mol. The Morgan fingerprint density at radius 3 is 2.70 bits per heavy atom. The fourth-order valence-electron chi connectivity index (χ4n) is 3.80. The van der Waals surface area contributed by atoms with E-state index in [9.17, 15) is 9.59 Å². The summed E-state index contributed by atoms with van der Waals surface area (Å²) in [7, 11) is 0. The molecule has 8 heteroatoms. The monoisotopic (exact) mass is 374 g/mol. The number of nitrogens with one attached hydrogen (secondary N) is 3. The standard InChI is InChI=1S/C19H26N4O4/c1-12-10-17(24)22-19(20-12)23-8-6-13(7-9-23)21-18(25)16-11-26-14-4-2-3-5-15(14)27-16/h2-5,12-13,16,19-20H,6-11H2,1H3,(H,21,25)(H,22,24). The SMILES string of the molecule is CC1CC(=O)NC(N2CCC(NC(=O)C3COc4ccccc4O3)CC2)N1. The van der Waals surface area contributed by atoms with Crippen LogP contribution in [-0.4, -0.2) is 60.9 Å². The molecule has 1 aromatic rings. The topological polar surface area (TPSA) is 91.9 Å². The first-order chi connectivity index (χ1) is 13.1. The van der Waals surface area contributed by atoms with Crippen molar-refractivity contribution in [3.05, 3.63) is 24.3 Å². The fraction of sp³-hybridized carbons (Fsp3) is 0.579. The number of para-hydroxylation sites is 2. The maximum atomic E-state index is 12.5. The van der Waals surface area contributed by atoms with E-state index in [1.165, 1.54) is 0 Å². The molecule has 146 valence electrons. The molecule has 0 aromatic heterocycles. The number of hydrogen-bond acceptors (Lipinski definition) is 6. The molecule has 3 N–H and O–H groups in total. The highest BCUT2D eigenvalue weighted by atomic mass is 16.6. The van der Waals surface area contributed by atoms with Gasteiger partial charge in [0.15, 0.2) is 11.5 Å². The molecule has 0 spiro atoms. The zero-order chi connectivity index (χ0) is 18.8. The lowest BCUT2D eigenvalue weighted by Gasteiger charge is -2.41. The number of likely N-dealkylation sites (tertiary alicyclic amines) is 1. The Morgan fingerprint density at radius 2 is 1.96 bits per heavy atom. The van der Waals surface area contributed by atoms with Gasteiger partial charge < -0.3 is 20.1 Å². The number of ether oxygens (including phenoxy) is 2. The van der Waals surface area contributed by atoms with Crippen molar-refractivity contribution in [2.45, 2.75) is 50.7 Å². The molecule has 3 aliphatic rings. The minimum atomic E-state index is -0.627. The highest BCUT2D eigenvalue weighted by molar-refractivity contribution is 5.82. The van der Waals surface area contributed by atoms with Gasteiger partial charge in [-0.25, -0.2) is 0 Å². The van der Waals surface area contributed by atoms with Gasteiger partial charge in [-0.1, -0.05) is 12.1 Å². The number of carbonyl (C=O) groups excluding carboxylic acids is 2. The van der Waals surface area contributed by atoms with E-state index in [1.807, 2.05) is 25.1 Å². The Bertz CT molecular complexity index is 705. The molecule has 3 atom stereocenters. The van der Waals surface area contributed by atoms with Gasteiger partial charge in [0.1, 0.15) is 12.9 Å². The Kier molecular flexibility index (Phi) is 5.18. The quantitative estimate of drug-likeness (QED) is 0.700. The third-order valence-corrected chi connectivity index (χ3v) is 5.27. The predicted molar refractivity (Wildman–Crippen MR) is 98.2 cm³/mol. The summed E-state index contributed by atoms with van der Waals surface area (Å²) in [4.78, 5) is 26.5. The van der Waals surface area contributed by atoms with Crippen LogP contribution in [0.3, 0.4) is 0 Å². The lowest BCUT2D eigenvalue weighted by atomic mass is 10.0. The summed E-state index contributed by atoms with van der Waals surface area (Å²) < 4.78 is 11.4. The first-order valence-corrected chi connectivity index (χ1v) is 9.57. The van der Waals surface area contributed by atoms with Crippen LogP contribution in [0, 0.1) is 0 Å². The molecular weight excluding hydrogens is 348 g/mol. The van der Waals surface area contributed by atoms with Crippen molar-refractivity contribution in [2.75, 3.05) is 19.7 Å². The van der Waals surface area contributed by atoms with E-state index in [2.05, 4.69) is 20.9 Å². The first-order valence-electron chi connectivity index (χ1n) is 9.57. The smallest absolute Gasteiger partial charge is 0.264 e. The minimum Gasteiger partial charge on any atom is -0.485 e. The van der Waals surface area contributed by atoms with E-state index >= 15 is 0 Å². The molecule has 2 saturated heterocycles. The molecule has 1 aromatic carbocycles. The van der Waals surface area contributed by atoms with E-state index < -0.39 is 6.10 Å². The number of fused-ring (bicyclic) bond motifs is 1. The Labute approximate surface area is 158 Å². The Morgan fingerprint density at radius 1 is 1.22 bits per heavy atom. The lowest BCUT2D eigenvalue weighted by molar-refractivity contribution is -0.131. The zero-order valence-electron chi connectivity index (χ0n) is 15.4. The fourth-order valence-corrected chi connectivity index (χ4v) is 3.80. The molecule has 2 amide bonds. The highest BCUT2D eigenvalue weighted by Crippen LogP contribution is 2.31. The van der Waals surface area contributed by atoms with Crippen molar-refractivity contribution in [3.63, 3.8) is 0 Å². The van der Waals surface area contributed by atoms with Crippen LogP contribution in [0.15, 0.2) is 24.3 Å². The zero-order valence-corrected chi connectivity index (χ0v) is 15.4. The first kappa shape index (κ1) is 18.1. The maximum Gasteiger partial charge on any atom is 0.264 e. The molecule has 2 fully saturated rings. The van der Waals surface area contributed by atoms with Crippen LogP contribution >= 0.6 is 0 Å². The number of carbonyl (C=O) groups is 2. The van der Waals surface area contributed by atoms with E-state index in [1.54, 1.807) is 6.07 Å². The summed E-state index contributed by atoms with van der Waals surface area (Å²) in [5.74, 6) is 1.22. The number of amides is 2. The van der Waals surface area contributed by atoms with Crippen molar-refractivity contribution < 1.29 is 19.1 Å². The second kappa shape index (κ2) is 7.74. The third-order valence-electron chi connectivity index (χ3n) is 5.27. The van der Waals surface area contributed by atoms with Crippen LogP contribution in [0.2, 0.25) is 0 Å². The lowest BCUT2D eigenvalue weighted by Crippen LogP contribution is -2.65. The van der Waals surface area contributed by atoms with Gasteiger partial charge in [-0.2, -0.15) is 0 Å². The Hall–Kier alpha value is -2.32. The summed E-state index contributed by atoms with van der Waals surface area (Å²) in [5.41, 5.74) is 0. The van der Waals surface area contributed by atoms with Crippen molar-refractivity contribution in [2.24, 2.45) is 0 Å². The third kappa shape index (κ3) is 4.17. The predicted octanol–water partition coefficient (Wildman–Crippen LogP) is 0.189. The minimum absolute atomic E-state index is 0.0800. The summed E-state index contributed by atoms with van der Waals surface area (Å²) >= 11 is 0. The van der Waals surface area contributed by atoms with Crippen LogP contribution in [0.1, 0.15) is 26.2 Å². The van der Waals surface area contributed by atoms with Crippen molar-refractivity contribution in [1.82, 2.24) is 20.9 Å². The molecule has 27 heavy (non-hydrogen) atoms. The largest absolute Gasteiger partial charge is 0.485 e. The number of rotatable bonds is 3. The van der Waals surface area contributed by atoms with E-state index in [4.69, 9.17) is 9.47 Å². The van der Waals surface area contributed by atoms with Gasteiger partial charge in [0, 0.05) is 31.6 Å². The van der Waals surface area contributed by atoms with Gasteiger partial charge >= 0.3 is 0 Å². The molecule has 3 aliphatic heterocycles. The molecule has 3 unspecified atom stereocenters. The van der Waals surface area contributed by atoms with Crippen LogP contribution in [0.25, 0.3) is 0 Å². The Balaban J connectivity index is 1.26. The molecule has 4 rings (SSSR count). The average Bonchev–Trinajstić information content (AvgIpc) is 2.67. The normalized spacial score (nSPS) is 29.1. The molecule has 0 saturated carbocycles. The summed E-state index contributed by atoms with van der Waals surface area (Å²) in [6.45, 7) is 3.85.